The van der Waals surface area contributed by atoms with E-state index in [1.165, 1.54) is 70.6 Å². The number of Topliss-reactive ketones (excluding diaryl/α,β-unsaturated/α-hetero) is 1. The first-order valence-corrected chi connectivity index (χ1v) is 11.0. The van der Waals surface area contributed by atoms with E-state index in [1.54, 1.807) is 0 Å². The molecule has 1 nitrogen and oxygen atoms in total. The first-order valence-electron chi connectivity index (χ1n) is 11.0. The third-order valence-electron chi connectivity index (χ3n) is 9.54. The minimum absolute atomic E-state index is 0.0359. The van der Waals surface area contributed by atoms with Crippen molar-refractivity contribution in [1.82, 2.24) is 0 Å². The maximum Gasteiger partial charge on any atom is 0.139 e. The molecule has 0 spiro atoms. The summed E-state index contributed by atoms with van der Waals surface area (Å²) in [4.78, 5) is 13.4. The van der Waals surface area contributed by atoms with Gasteiger partial charge >= 0.3 is 0 Å². The fraction of sp³-hybridized carbons (Fsp3) is 0.957. The molecule has 0 aliphatic heterocycles. The van der Waals surface area contributed by atoms with Crippen LogP contribution in [-0.4, -0.2) is 5.78 Å². The van der Waals surface area contributed by atoms with E-state index in [1.807, 2.05) is 0 Å². The van der Waals surface area contributed by atoms with Crippen LogP contribution < -0.4 is 0 Å². The van der Waals surface area contributed by atoms with Crippen molar-refractivity contribution in [2.45, 2.75) is 97.8 Å². The maximum absolute atomic E-state index is 13.4. The van der Waals surface area contributed by atoms with E-state index in [4.69, 9.17) is 0 Å². The quantitative estimate of drug-likeness (QED) is 0.584. The average Bonchev–Trinajstić information content (AvgIpc) is 2.91. The van der Waals surface area contributed by atoms with Gasteiger partial charge in [-0.1, -0.05) is 46.5 Å². The highest BCUT2D eigenvalue weighted by Crippen LogP contribution is 2.66. The summed E-state index contributed by atoms with van der Waals surface area (Å²) in [6.07, 6.45) is 16.1. The van der Waals surface area contributed by atoms with Crippen LogP contribution in [0.3, 0.4) is 0 Å². The summed E-state index contributed by atoms with van der Waals surface area (Å²) in [6.45, 7) is 7.25. The van der Waals surface area contributed by atoms with E-state index in [0.29, 0.717) is 29.0 Å². The molecule has 0 amide bonds. The zero-order chi connectivity index (χ0) is 16.9. The van der Waals surface area contributed by atoms with Crippen molar-refractivity contribution in [2.24, 2.45) is 40.4 Å². The van der Waals surface area contributed by atoms with Gasteiger partial charge in [0.15, 0.2) is 0 Å². The van der Waals surface area contributed by atoms with Gasteiger partial charge in [0, 0.05) is 11.8 Å². The molecule has 0 aromatic rings. The Labute approximate surface area is 149 Å². The number of hydrogen-bond acceptors (Lipinski definition) is 1. The van der Waals surface area contributed by atoms with Gasteiger partial charge in [-0.05, 0) is 80.0 Å². The molecule has 4 rings (SSSR count). The molecule has 0 aromatic carbocycles. The molecule has 24 heavy (non-hydrogen) atoms. The summed E-state index contributed by atoms with van der Waals surface area (Å²) in [6, 6.07) is 0. The van der Waals surface area contributed by atoms with Gasteiger partial charge in [-0.3, -0.25) is 4.79 Å². The molecular formula is C23H38O. The average molecular weight is 331 g/mol. The Kier molecular flexibility index (Phi) is 4.37. The van der Waals surface area contributed by atoms with Crippen LogP contribution >= 0.6 is 0 Å². The number of rotatable bonds is 3. The first-order chi connectivity index (χ1) is 11.5. The molecule has 4 aliphatic carbocycles. The lowest BCUT2D eigenvalue weighted by molar-refractivity contribution is -0.156. The van der Waals surface area contributed by atoms with Crippen molar-refractivity contribution in [3.8, 4) is 0 Å². The molecule has 0 saturated heterocycles. The van der Waals surface area contributed by atoms with Gasteiger partial charge < -0.3 is 0 Å². The summed E-state index contributed by atoms with van der Waals surface area (Å²) in [5.74, 6) is 4.56. The summed E-state index contributed by atoms with van der Waals surface area (Å²) in [5.41, 5.74) is 0.522. The van der Waals surface area contributed by atoms with Crippen LogP contribution in [0.5, 0.6) is 0 Å². The summed E-state index contributed by atoms with van der Waals surface area (Å²) < 4.78 is 0. The Bertz CT molecular complexity index is 496. The monoisotopic (exact) mass is 330 g/mol. The van der Waals surface area contributed by atoms with Crippen LogP contribution in [0.25, 0.3) is 0 Å². The van der Waals surface area contributed by atoms with Crippen molar-refractivity contribution in [3.05, 3.63) is 0 Å². The highest BCUT2D eigenvalue weighted by Gasteiger charge is 2.62. The normalized spacial score (nSPS) is 51.0. The molecule has 0 N–H and O–H groups in total. The molecule has 0 bridgehead atoms. The Balaban J connectivity index is 1.62. The number of carbonyl (C=O) groups excluding carboxylic acids is 1. The summed E-state index contributed by atoms with van der Waals surface area (Å²) in [7, 11) is 0. The van der Waals surface area contributed by atoms with Gasteiger partial charge in [-0.25, -0.2) is 0 Å². The molecule has 0 aromatic heterocycles. The second-order valence-corrected chi connectivity index (χ2v) is 10.2. The Hall–Kier alpha value is -0.330. The Morgan fingerprint density at radius 2 is 1.83 bits per heavy atom. The molecule has 7 atom stereocenters. The molecule has 1 heteroatoms. The van der Waals surface area contributed by atoms with Crippen LogP contribution in [0.15, 0.2) is 0 Å². The van der Waals surface area contributed by atoms with Crippen LogP contribution in [0.1, 0.15) is 97.8 Å². The van der Waals surface area contributed by atoms with Crippen molar-refractivity contribution < 1.29 is 4.79 Å². The van der Waals surface area contributed by atoms with Gasteiger partial charge in [0.05, 0.1) is 0 Å². The van der Waals surface area contributed by atoms with Gasteiger partial charge in [-0.15, -0.1) is 0 Å². The van der Waals surface area contributed by atoms with Gasteiger partial charge in [0.25, 0.3) is 0 Å². The van der Waals surface area contributed by atoms with E-state index in [-0.39, 0.29) is 5.41 Å². The third-order valence-corrected chi connectivity index (χ3v) is 9.54. The van der Waals surface area contributed by atoms with Crippen LogP contribution in [0, 0.1) is 40.4 Å². The van der Waals surface area contributed by atoms with E-state index in [2.05, 4.69) is 20.8 Å². The molecule has 0 heterocycles. The largest absolute Gasteiger partial charge is 0.299 e. The summed E-state index contributed by atoms with van der Waals surface area (Å²) in [5, 5.41) is 0. The predicted molar refractivity (Wildman–Crippen MR) is 99.7 cm³/mol. The van der Waals surface area contributed by atoms with Crippen molar-refractivity contribution >= 4 is 5.78 Å². The molecule has 4 fully saturated rings. The van der Waals surface area contributed by atoms with E-state index < -0.39 is 0 Å². The Morgan fingerprint density at radius 3 is 2.62 bits per heavy atom. The molecule has 7 unspecified atom stereocenters. The second-order valence-electron chi connectivity index (χ2n) is 10.2. The minimum atomic E-state index is 0.0359. The minimum Gasteiger partial charge on any atom is -0.299 e. The fourth-order valence-corrected chi connectivity index (χ4v) is 8.03. The van der Waals surface area contributed by atoms with E-state index >= 15 is 0 Å². The van der Waals surface area contributed by atoms with Crippen LogP contribution in [-0.2, 0) is 4.79 Å². The van der Waals surface area contributed by atoms with Crippen molar-refractivity contribution in [2.75, 3.05) is 0 Å². The zero-order valence-corrected chi connectivity index (χ0v) is 16.3. The lowest BCUT2D eigenvalue weighted by Crippen LogP contribution is -2.56. The SMILES string of the molecule is CCCCC1CCC2C3CCC4CCCCC4(C)C3CC(=O)C12C. The second kappa shape index (κ2) is 6.13. The number of fused-ring (bicyclic) bond motifs is 5. The Morgan fingerprint density at radius 1 is 1.00 bits per heavy atom. The summed E-state index contributed by atoms with van der Waals surface area (Å²) >= 11 is 0. The van der Waals surface area contributed by atoms with Gasteiger partial charge in [0.1, 0.15) is 5.78 Å². The molecule has 4 saturated carbocycles. The zero-order valence-electron chi connectivity index (χ0n) is 16.3. The van der Waals surface area contributed by atoms with Crippen molar-refractivity contribution in [3.63, 3.8) is 0 Å². The standard InChI is InChI=1S/C23H38O/c1-4-5-8-17-11-13-19-18-12-10-16-9-6-7-14-22(16,2)20(18)15-21(24)23(17,19)3/h16-20H,4-15H2,1-3H3. The van der Waals surface area contributed by atoms with E-state index in [9.17, 15) is 4.79 Å². The van der Waals surface area contributed by atoms with Crippen molar-refractivity contribution in [1.29, 1.82) is 0 Å². The van der Waals surface area contributed by atoms with Crippen LogP contribution in [0.2, 0.25) is 0 Å². The molecule has 0 radical (unpaired) electrons. The van der Waals surface area contributed by atoms with Gasteiger partial charge in [0.2, 0.25) is 0 Å². The van der Waals surface area contributed by atoms with Gasteiger partial charge in [-0.2, -0.15) is 0 Å². The number of unbranched alkanes of at least 4 members (excludes halogenated alkanes) is 1. The first kappa shape index (κ1) is 17.1. The van der Waals surface area contributed by atoms with Crippen LogP contribution in [0.4, 0.5) is 0 Å². The number of carbonyl (C=O) groups is 1. The highest BCUT2D eigenvalue weighted by atomic mass is 16.1. The smallest absolute Gasteiger partial charge is 0.139 e. The molecule has 4 aliphatic rings. The van der Waals surface area contributed by atoms with E-state index in [0.717, 1.165) is 18.3 Å². The fourth-order valence-electron chi connectivity index (χ4n) is 8.03. The molecular weight excluding hydrogens is 292 g/mol. The number of ketones is 1. The lowest BCUT2D eigenvalue weighted by Gasteiger charge is -2.59. The molecule has 136 valence electrons. The third kappa shape index (κ3) is 2.28. The maximum atomic E-state index is 13.4. The highest BCUT2D eigenvalue weighted by molar-refractivity contribution is 5.87. The lowest BCUT2D eigenvalue weighted by atomic mass is 9.44. The number of hydrogen-bond donors (Lipinski definition) is 0. The topological polar surface area (TPSA) is 17.1 Å². The predicted octanol–water partition coefficient (Wildman–Crippen LogP) is 6.40.